The second-order valence-corrected chi connectivity index (χ2v) is 5.78. The molecule has 9 heteroatoms. The van der Waals surface area contributed by atoms with Crippen LogP contribution in [-0.2, 0) is 4.79 Å². The number of rotatable bonds is 5. The van der Waals surface area contributed by atoms with Crippen LogP contribution in [0, 0.1) is 0 Å². The van der Waals surface area contributed by atoms with Gasteiger partial charge < -0.3 is 16.8 Å². The second kappa shape index (κ2) is 7.28. The molecule has 0 radical (unpaired) electrons. The number of carbonyl (C=O) groups excluding carboxylic acids is 1. The number of benzene rings is 1. The second-order valence-electron chi connectivity index (χ2n) is 4.43. The van der Waals surface area contributed by atoms with Crippen LogP contribution in [0.25, 0.3) is 0 Å². The summed E-state index contributed by atoms with van der Waals surface area (Å²) in [5, 5.41) is 3.78. The van der Waals surface area contributed by atoms with Gasteiger partial charge in [0.2, 0.25) is 17.8 Å². The minimum absolute atomic E-state index is 0.0276. The minimum atomic E-state index is -0.199. The van der Waals surface area contributed by atoms with E-state index in [9.17, 15) is 4.79 Å². The predicted octanol–water partition coefficient (Wildman–Crippen LogP) is 1.66. The topological polar surface area (TPSA) is 120 Å². The standard InChI is InChI=1S/C13H15ClN6OS/c1-7(8-4-2-3-5-9(8)14)17-10(21)6-22-13-19-11(15)18-12(16)20-13/h2-5,7H,6H2,1H3,(H,17,21)(H4,15,16,18,19,20)/t7-/m0/s1. The Morgan fingerprint density at radius 2 is 1.91 bits per heavy atom. The average molecular weight is 339 g/mol. The van der Waals surface area contributed by atoms with Crippen molar-refractivity contribution in [3.8, 4) is 0 Å². The van der Waals surface area contributed by atoms with Gasteiger partial charge in [0, 0.05) is 5.02 Å². The summed E-state index contributed by atoms with van der Waals surface area (Å²) in [6.07, 6.45) is 0. The van der Waals surface area contributed by atoms with Gasteiger partial charge in [-0.15, -0.1) is 0 Å². The fraction of sp³-hybridized carbons (Fsp3) is 0.231. The van der Waals surface area contributed by atoms with Crippen molar-refractivity contribution in [1.29, 1.82) is 0 Å². The summed E-state index contributed by atoms with van der Waals surface area (Å²) in [6.45, 7) is 1.86. The predicted molar refractivity (Wildman–Crippen MR) is 87.4 cm³/mol. The van der Waals surface area contributed by atoms with Crippen LogP contribution in [0.5, 0.6) is 0 Å². The van der Waals surface area contributed by atoms with Crippen molar-refractivity contribution < 1.29 is 4.79 Å². The fourth-order valence-electron chi connectivity index (χ4n) is 1.77. The third-order valence-electron chi connectivity index (χ3n) is 2.73. The number of amides is 1. The summed E-state index contributed by atoms with van der Waals surface area (Å²) in [5.74, 6) is 0.0205. The highest BCUT2D eigenvalue weighted by molar-refractivity contribution is 7.99. The molecule has 0 aliphatic carbocycles. The Kier molecular flexibility index (Phi) is 5.40. The third-order valence-corrected chi connectivity index (χ3v) is 3.92. The van der Waals surface area contributed by atoms with Crippen LogP contribution < -0.4 is 16.8 Å². The molecule has 0 aliphatic heterocycles. The molecule has 0 saturated carbocycles. The lowest BCUT2D eigenvalue weighted by Gasteiger charge is -2.15. The van der Waals surface area contributed by atoms with Crippen LogP contribution in [0.1, 0.15) is 18.5 Å². The lowest BCUT2D eigenvalue weighted by atomic mass is 10.1. The van der Waals surface area contributed by atoms with Crippen molar-refractivity contribution in [1.82, 2.24) is 20.3 Å². The summed E-state index contributed by atoms with van der Waals surface area (Å²) in [4.78, 5) is 23.4. The quantitative estimate of drug-likeness (QED) is 0.709. The highest BCUT2D eigenvalue weighted by Gasteiger charge is 2.13. The van der Waals surface area contributed by atoms with E-state index in [0.717, 1.165) is 17.3 Å². The molecule has 0 aliphatic rings. The molecular formula is C13H15ClN6OS. The molecule has 0 fully saturated rings. The van der Waals surface area contributed by atoms with Crippen molar-refractivity contribution in [3.05, 3.63) is 34.9 Å². The van der Waals surface area contributed by atoms with Crippen molar-refractivity contribution in [2.45, 2.75) is 18.1 Å². The maximum Gasteiger partial charge on any atom is 0.230 e. The molecule has 0 saturated heterocycles. The van der Waals surface area contributed by atoms with Gasteiger partial charge in [0.15, 0.2) is 5.16 Å². The highest BCUT2D eigenvalue weighted by atomic mass is 35.5. The summed E-state index contributed by atoms with van der Waals surface area (Å²) in [5.41, 5.74) is 11.8. The van der Waals surface area contributed by atoms with Crippen molar-refractivity contribution >= 4 is 41.2 Å². The Balaban J connectivity index is 1.91. The lowest BCUT2D eigenvalue weighted by Crippen LogP contribution is -2.28. The van der Waals surface area contributed by atoms with E-state index >= 15 is 0 Å². The molecule has 1 heterocycles. The van der Waals surface area contributed by atoms with Gasteiger partial charge in [-0.1, -0.05) is 41.6 Å². The summed E-state index contributed by atoms with van der Waals surface area (Å²) in [7, 11) is 0. The number of hydrogen-bond donors (Lipinski definition) is 3. The first-order valence-corrected chi connectivity index (χ1v) is 7.75. The molecule has 2 aromatic rings. The molecule has 1 aromatic carbocycles. The third kappa shape index (κ3) is 4.47. The van der Waals surface area contributed by atoms with Gasteiger partial charge in [-0.2, -0.15) is 15.0 Å². The summed E-state index contributed by atoms with van der Waals surface area (Å²) >= 11 is 7.23. The van der Waals surface area contributed by atoms with Crippen LogP contribution in [0.15, 0.2) is 29.4 Å². The van der Waals surface area contributed by atoms with Crippen LogP contribution in [0.2, 0.25) is 5.02 Å². The number of carbonyl (C=O) groups is 1. The van der Waals surface area contributed by atoms with Gasteiger partial charge in [-0.3, -0.25) is 4.79 Å². The molecular weight excluding hydrogens is 324 g/mol. The van der Waals surface area contributed by atoms with Crippen LogP contribution in [-0.4, -0.2) is 26.6 Å². The number of anilines is 2. The van der Waals surface area contributed by atoms with E-state index in [-0.39, 0.29) is 29.6 Å². The number of nitrogens with two attached hydrogens (primary N) is 2. The number of hydrogen-bond acceptors (Lipinski definition) is 7. The zero-order chi connectivity index (χ0) is 16.1. The molecule has 1 amide bonds. The highest BCUT2D eigenvalue weighted by Crippen LogP contribution is 2.22. The Bertz CT molecular complexity index is 663. The zero-order valence-corrected chi connectivity index (χ0v) is 13.4. The molecule has 1 atom stereocenters. The Labute approximate surface area is 136 Å². The SMILES string of the molecule is C[C@H](NC(=O)CSc1nc(N)nc(N)n1)c1ccccc1Cl. The van der Waals surface area contributed by atoms with Gasteiger partial charge in [-0.05, 0) is 18.6 Å². The summed E-state index contributed by atoms with van der Waals surface area (Å²) < 4.78 is 0. The number of nitrogens with zero attached hydrogens (tertiary/aromatic N) is 3. The van der Waals surface area contributed by atoms with Gasteiger partial charge in [-0.25, -0.2) is 0 Å². The number of nitrogens with one attached hydrogen (secondary N) is 1. The Morgan fingerprint density at radius 1 is 1.27 bits per heavy atom. The van der Waals surface area contributed by atoms with Crippen molar-refractivity contribution in [3.63, 3.8) is 0 Å². The number of aromatic nitrogens is 3. The van der Waals surface area contributed by atoms with E-state index < -0.39 is 0 Å². The van der Waals surface area contributed by atoms with Gasteiger partial charge >= 0.3 is 0 Å². The molecule has 0 bridgehead atoms. The van der Waals surface area contributed by atoms with Gasteiger partial charge in [0.05, 0.1) is 11.8 Å². The molecule has 0 spiro atoms. The molecule has 116 valence electrons. The number of halogens is 1. The van der Waals surface area contributed by atoms with Crippen LogP contribution >= 0.6 is 23.4 Å². The normalized spacial score (nSPS) is 11.9. The maximum absolute atomic E-state index is 12.0. The maximum atomic E-state index is 12.0. The average Bonchev–Trinajstić information content (AvgIpc) is 2.44. The zero-order valence-electron chi connectivity index (χ0n) is 11.8. The van der Waals surface area contributed by atoms with E-state index in [0.29, 0.717) is 10.2 Å². The van der Waals surface area contributed by atoms with Crippen molar-refractivity contribution in [2.75, 3.05) is 17.2 Å². The van der Waals surface area contributed by atoms with E-state index in [4.69, 9.17) is 23.1 Å². The van der Waals surface area contributed by atoms with Gasteiger partial charge in [0.25, 0.3) is 0 Å². The van der Waals surface area contributed by atoms with Crippen LogP contribution in [0.4, 0.5) is 11.9 Å². The molecule has 2 rings (SSSR count). The Hall–Kier alpha value is -2.06. The molecule has 22 heavy (non-hydrogen) atoms. The first-order valence-electron chi connectivity index (χ1n) is 6.39. The first kappa shape index (κ1) is 16.3. The molecule has 0 unspecified atom stereocenters. The lowest BCUT2D eigenvalue weighted by molar-refractivity contribution is -0.119. The smallest absolute Gasteiger partial charge is 0.230 e. The van der Waals surface area contributed by atoms with E-state index in [1.807, 2.05) is 25.1 Å². The number of nitrogen functional groups attached to an aromatic ring is 2. The van der Waals surface area contributed by atoms with E-state index in [2.05, 4.69) is 20.3 Å². The first-order chi connectivity index (χ1) is 10.5. The minimum Gasteiger partial charge on any atom is -0.368 e. The molecule has 5 N–H and O–H groups in total. The Morgan fingerprint density at radius 3 is 2.55 bits per heavy atom. The van der Waals surface area contributed by atoms with Crippen LogP contribution in [0.3, 0.4) is 0 Å². The largest absolute Gasteiger partial charge is 0.368 e. The molecule has 1 aromatic heterocycles. The molecule has 7 nitrogen and oxygen atoms in total. The summed E-state index contributed by atoms with van der Waals surface area (Å²) in [6, 6.07) is 7.16. The van der Waals surface area contributed by atoms with Crippen molar-refractivity contribution in [2.24, 2.45) is 0 Å². The van der Waals surface area contributed by atoms with Gasteiger partial charge in [0.1, 0.15) is 0 Å². The monoisotopic (exact) mass is 338 g/mol. The van der Waals surface area contributed by atoms with E-state index in [1.165, 1.54) is 0 Å². The van der Waals surface area contributed by atoms with E-state index in [1.54, 1.807) is 6.07 Å². The number of thioether (sulfide) groups is 1. The fourth-order valence-corrected chi connectivity index (χ4v) is 2.73.